The minimum atomic E-state index is -3.89. The van der Waals surface area contributed by atoms with Crippen molar-refractivity contribution < 1.29 is 27.8 Å². The number of rotatable bonds is 11. The van der Waals surface area contributed by atoms with Crippen LogP contribution in [-0.2, 0) is 19.6 Å². The van der Waals surface area contributed by atoms with E-state index in [0.29, 0.717) is 45.6 Å². The Balaban J connectivity index is 1.65. The SMILES string of the molecule is CCCCOc1ccc(C2CCN(S(=O)(=O)C3(C(=O)NCC(O)OC)CCNCC3)CC2)cc1. The zero-order chi connectivity index (χ0) is 24.6. The van der Waals surface area contributed by atoms with E-state index in [9.17, 15) is 18.3 Å². The van der Waals surface area contributed by atoms with E-state index in [2.05, 4.69) is 29.7 Å². The highest BCUT2D eigenvalue weighted by molar-refractivity contribution is 7.91. The molecule has 1 unspecified atom stereocenters. The molecule has 0 saturated carbocycles. The lowest BCUT2D eigenvalue weighted by Gasteiger charge is -2.41. The summed E-state index contributed by atoms with van der Waals surface area (Å²) in [5.41, 5.74) is 1.18. The molecule has 34 heavy (non-hydrogen) atoms. The molecule has 0 bridgehead atoms. The summed E-state index contributed by atoms with van der Waals surface area (Å²) >= 11 is 0. The lowest BCUT2D eigenvalue weighted by atomic mass is 9.90. The van der Waals surface area contributed by atoms with Gasteiger partial charge < -0.3 is 25.2 Å². The fraction of sp³-hybridized carbons (Fsp3) is 0.708. The number of sulfonamides is 1. The highest BCUT2D eigenvalue weighted by atomic mass is 32.2. The normalized spacial score (nSPS) is 20.6. The van der Waals surface area contributed by atoms with Crippen LogP contribution in [0.15, 0.2) is 24.3 Å². The molecule has 0 spiro atoms. The zero-order valence-electron chi connectivity index (χ0n) is 20.3. The molecule has 0 aromatic heterocycles. The van der Waals surface area contributed by atoms with Gasteiger partial charge in [-0.05, 0) is 68.8 Å². The van der Waals surface area contributed by atoms with Crippen LogP contribution in [0.5, 0.6) is 5.75 Å². The van der Waals surface area contributed by atoms with Crippen molar-refractivity contribution in [3.63, 3.8) is 0 Å². The van der Waals surface area contributed by atoms with Crippen LogP contribution in [0.3, 0.4) is 0 Å². The summed E-state index contributed by atoms with van der Waals surface area (Å²) in [5.74, 6) is 0.561. The Hall–Kier alpha value is -1.72. The first kappa shape index (κ1) is 26.9. The maximum absolute atomic E-state index is 13.8. The van der Waals surface area contributed by atoms with Gasteiger partial charge in [0.2, 0.25) is 15.9 Å². The first-order chi connectivity index (χ1) is 16.3. The fourth-order valence-corrected chi connectivity index (χ4v) is 6.92. The van der Waals surface area contributed by atoms with Crippen LogP contribution in [0.2, 0.25) is 0 Å². The first-order valence-electron chi connectivity index (χ1n) is 12.3. The van der Waals surface area contributed by atoms with E-state index in [1.165, 1.54) is 17.0 Å². The quantitative estimate of drug-likeness (QED) is 0.314. The average molecular weight is 498 g/mol. The number of hydrogen-bond acceptors (Lipinski definition) is 7. The van der Waals surface area contributed by atoms with E-state index in [4.69, 9.17) is 9.47 Å². The number of aliphatic hydroxyl groups is 1. The Bertz CT molecular complexity index is 878. The molecule has 2 heterocycles. The predicted octanol–water partition coefficient (Wildman–Crippen LogP) is 1.58. The van der Waals surface area contributed by atoms with Crippen molar-refractivity contribution in [2.45, 2.75) is 62.4 Å². The second-order valence-electron chi connectivity index (χ2n) is 9.09. The van der Waals surface area contributed by atoms with E-state index in [1.54, 1.807) is 0 Å². The Morgan fingerprint density at radius 2 is 1.88 bits per heavy atom. The minimum absolute atomic E-state index is 0.153. The van der Waals surface area contributed by atoms with Crippen molar-refractivity contribution in [2.24, 2.45) is 0 Å². The summed E-state index contributed by atoms with van der Waals surface area (Å²) in [6, 6.07) is 8.10. The summed E-state index contributed by atoms with van der Waals surface area (Å²) in [6.07, 6.45) is 2.74. The number of carbonyl (C=O) groups is 1. The molecule has 10 heteroatoms. The Labute approximate surface area is 203 Å². The van der Waals surface area contributed by atoms with Gasteiger partial charge in [0.1, 0.15) is 5.75 Å². The van der Waals surface area contributed by atoms with Gasteiger partial charge in [-0.25, -0.2) is 12.7 Å². The first-order valence-corrected chi connectivity index (χ1v) is 13.7. The van der Waals surface area contributed by atoms with Gasteiger partial charge in [-0.1, -0.05) is 25.5 Å². The largest absolute Gasteiger partial charge is 0.494 e. The van der Waals surface area contributed by atoms with E-state index < -0.39 is 27.0 Å². The monoisotopic (exact) mass is 497 g/mol. The standard InChI is InChI=1S/C24H39N3O6S/c1-3-4-17-33-21-7-5-19(6-8-21)20-9-15-27(16-10-20)34(30,31)24(11-13-25-14-12-24)23(29)26-18-22(28)32-2/h5-8,20,22,25,28H,3-4,9-18H2,1-2H3,(H,26,29). The molecule has 1 amide bonds. The molecule has 3 N–H and O–H groups in total. The molecule has 0 radical (unpaired) electrons. The van der Waals surface area contributed by atoms with Gasteiger partial charge in [-0.3, -0.25) is 4.79 Å². The minimum Gasteiger partial charge on any atom is -0.494 e. The Kier molecular flexibility index (Phi) is 9.73. The van der Waals surface area contributed by atoms with E-state index in [-0.39, 0.29) is 25.3 Å². The van der Waals surface area contributed by atoms with Crippen LogP contribution >= 0.6 is 0 Å². The van der Waals surface area contributed by atoms with Crippen molar-refractivity contribution in [1.29, 1.82) is 0 Å². The molecule has 9 nitrogen and oxygen atoms in total. The van der Waals surface area contributed by atoms with Crippen molar-refractivity contribution in [2.75, 3.05) is 46.4 Å². The summed E-state index contributed by atoms with van der Waals surface area (Å²) in [5, 5.41) is 15.4. The molecule has 0 aliphatic carbocycles. The van der Waals surface area contributed by atoms with Crippen molar-refractivity contribution in [3.8, 4) is 5.75 Å². The van der Waals surface area contributed by atoms with Crippen molar-refractivity contribution >= 4 is 15.9 Å². The second-order valence-corrected chi connectivity index (χ2v) is 11.3. The van der Waals surface area contributed by atoms with Crippen LogP contribution in [0.1, 0.15) is 56.9 Å². The topological polar surface area (TPSA) is 117 Å². The molecule has 2 aliphatic heterocycles. The number of carbonyl (C=O) groups excluding carboxylic acids is 1. The lowest BCUT2D eigenvalue weighted by molar-refractivity contribution is -0.128. The highest BCUT2D eigenvalue weighted by Gasteiger charge is 2.54. The summed E-state index contributed by atoms with van der Waals surface area (Å²) in [4.78, 5) is 13.1. The number of hydrogen-bond donors (Lipinski definition) is 3. The molecule has 1 atom stereocenters. The van der Waals surface area contributed by atoms with Gasteiger partial charge in [-0.2, -0.15) is 0 Å². The van der Waals surface area contributed by atoms with E-state index in [1.807, 2.05) is 12.1 Å². The molecule has 2 saturated heterocycles. The Morgan fingerprint density at radius 1 is 1.24 bits per heavy atom. The summed E-state index contributed by atoms with van der Waals surface area (Å²) in [7, 11) is -2.56. The lowest BCUT2D eigenvalue weighted by Crippen LogP contribution is -2.62. The third kappa shape index (κ3) is 6.09. The number of piperidine rings is 2. The van der Waals surface area contributed by atoms with Crippen LogP contribution in [0.4, 0.5) is 0 Å². The van der Waals surface area contributed by atoms with Gasteiger partial charge >= 0.3 is 0 Å². The average Bonchev–Trinajstić information content (AvgIpc) is 2.88. The van der Waals surface area contributed by atoms with E-state index in [0.717, 1.165) is 18.6 Å². The third-order valence-electron chi connectivity index (χ3n) is 6.94. The van der Waals surface area contributed by atoms with E-state index >= 15 is 0 Å². The number of amides is 1. The second kappa shape index (κ2) is 12.3. The maximum atomic E-state index is 13.8. The molecule has 1 aromatic carbocycles. The highest BCUT2D eigenvalue weighted by Crippen LogP contribution is 2.36. The van der Waals surface area contributed by atoms with Crippen molar-refractivity contribution in [1.82, 2.24) is 14.9 Å². The van der Waals surface area contributed by atoms with Gasteiger partial charge in [-0.15, -0.1) is 0 Å². The smallest absolute Gasteiger partial charge is 0.243 e. The van der Waals surface area contributed by atoms with Crippen molar-refractivity contribution in [3.05, 3.63) is 29.8 Å². The zero-order valence-corrected chi connectivity index (χ0v) is 21.1. The van der Waals surface area contributed by atoms with Crippen LogP contribution in [-0.4, -0.2) is 81.2 Å². The number of methoxy groups -OCH3 is 1. The van der Waals surface area contributed by atoms with Gasteiger partial charge in [0, 0.05) is 20.2 Å². The third-order valence-corrected chi connectivity index (χ3v) is 9.57. The summed E-state index contributed by atoms with van der Waals surface area (Å²) < 4.78 is 38.0. The number of aliphatic hydroxyl groups excluding tert-OH is 1. The molecule has 2 fully saturated rings. The molecular formula is C24H39N3O6S. The number of benzene rings is 1. The predicted molar refractivity (Wildman–Crippen MR) is 130 cm³/mol. The fourth-order valence-electron chi connectivity index (χ4n) is 4.70. The van der Waals surface area contributed by atoms with Gasteiger partial charge in [0.05, 0.1) is 13.2 Å². The Morgan fingerprint density at radius 3 is 2.47 bits per heavy atom. The number of unbranched alkanes of at least 4 members (excludes halogenated alkanes) is 1. The molecule has 192 valence electrons. The molecular weight excluding hydrogens is 458 g/mol. The maximum Gasteiger partial charge on any atom is 0.243 e. The van der Waals surface area contributed by atoms with Crippen LogP contribution in [0, 0.1) is 0 Å². The molecule has 3 rings (SSSR count). The van der Waals surface area contributed by atoms with Gasteiger partial charge in [0.25, 0.3) is 0 Å². The van der Waals surface area contributed by atoms with Crippen LogP contribution in [0.25, 0.3) is 0 Å². The summed E-state index contributed by atoms with van der Waals surface area (Å²) in [6.45, 7) is 4.34. The molecule has 1 aromatic rings. The van der Waals surface area contributed by atoms with Gasteiger partial charge in [0.15, 0.2) is 11.0 Å². The van der Waals surface area contributed by atoms with Crippen LogP contribution < -0.4 is 15.4 Å². The number of ether oxygens (including phenoxy) is 2. The number of nitrogens with one attached hydrogen (secondary N) is 2. The molecule has 2 aliphatic rings. The number of nitrogens with zero attached hydrogens (tertiary/aromatic N) is 1.